The Bertz CT molecular complexity index is 923. The van der Waals surface area contributed by atoms with E-state index < -0.39 is 18.1 Å². The molecule has 1 aliphatic rings. The first-order valence-corrected chi connectivity index (χ1v) is 10.1. The summed E-state index contributed by atoms with van der Waals surface area (Å²) in [5.41, 5.74) is 8.31. The third-order valence-electron chi connectivity index (χ3n) is 4.66. The van der Waals surface area contributed by atoms with Crippen LogP contribution in [0, 0.1) is 35.0 Å². The van der Waals surface area contributed by atoms with Gasteiger partial charge in [0.1, 0.15) is 6.04 Å². The van der Waals surface area contributed by atoms with Crippen LogP contribution < -0.4 is 16.0 Å². The molecule has 1 heterocycles. The van der Waals surface area contributed by atoms with Gasteiger partial charge in [0.05, 0.1) is 6.54 Å². The number of anilines is 2. The molecule has 0 fully saturated rings. The fourth-order valence-corrected chi connectivity index (χ4v) is 2.85. The van der Waals surface area contributed by atoms with Gasteiger partial charge in [-0.15, -0.1) is 0 Å². The van der Waals surface area contributed by atoms with Gasteiger partial charge in [-0.1, -0.05) is 31.8 Å². The van der Waals surface area contributed by atoms with Crippen LogP contribution in [0.4, 0.5) is 11.4 Å². The minimum Gasteiger partial charge on any atom is -0.451 e. The van der Waals surface area contributed by atoms with E-state index in [9.17, 15) is 9.59 Å². The summed E-state index contributed by atoms with van der Waals surface area (Å²) in [7, 11) is 1.92. The Morgan fingerprint density at radius 2 is 2.03 bits per heavy atom. The molecule has 2 rings (SSSR count). The van der Waals surface area contributed by atoms with Crippen molar-refractivity contribution >= 4 is 23.3 Å². The molecule has 160 valence electrons. The molecular weight excluding hydrogens is 378 g/mol. The van der Waals surface area contributed by atoms with E-state index in [1.165, 1.54) is 0 Å². The molecule has 3 N–H and O–H groups in total. The lowest BCUT2D eigenvalue weighted by molar-refractivity contribution is -0.156. The fourth-order valence-electron chi connectivity index (χ4n) is 2.85. The molecule has 1 aliphatic heterocycles. The van der Waals surface area contributed by atoms with Crippen molar-refractivity contribution in [1.29, 1.82) is 0 Å². The summed E-state index contributed by atoms with van der Waals surface area (Å²) in [5, 5.41) is 2.83. The van der Waals surface area contributed by atoms with Crippen LogP contribution in [0.1, 0.15) is 40.2 Å². The molecule has 0 saturated heterocycles. The Morgan fingerprint density at radius 1 is 1.33 bits per heavy atom. The van der Waals surface area contributed by atoms with Crippen molar-refractivity contribution in [3.63, 3.8) is 0 Å². The Kier molecular flexibility index (Phi) is 7.54. The number of hydrogen-bond donors (Lipinski definition) is 2. The second-order valence-corrected chi connectivity index (χ2v) is 8.85. The highest BCUT2D eigenvalue weighted by Crippen LogP contribution is 2.32. The molecule has 0 saturated carbocycles. The predicted octanol–water partition coefficient (Wildman–Crippen LogP) is 2.57. The Morgan fingerprint density at radius 3 is 2.67 bits per heavy atom. The molecule has 2 atom stereocenters. The van der Waals surface area contributed by atoms with E-state index in [1.54, 1.807) is 0 Å². The number of benzene rings is 1. The smallest absolute Gasteiger partial charge is 0.323 e. The standard InChI is InChI=1S/C24H31N3O3/c1-16(2)21(25)23(29)30-20-15-17-18(26-22(20)28)11-10-12-19(17)27(6)14-9-7-8-13-24(3,4)5/h10-12,16,20-21H,14-15,25H2,1-6H3,(H,26,28)/t20?,21-/m1/s1. The normalized spacial score (nSPS) is 16.3. The molecule has 1 aromatic rings. The second-order valence-electron chi connectivity index (χ2n) is 8.85. The van der Waals surface area contributed by atoms with Crippen molar-refractivity contribution in [2.75, 3.05) is 23.8 Å². The highest BCUT2D eigenvalue weighted by atomic mass is 16.5. The Hall–Kier alpha value is -2.96. The molecule has 0 aliphatic carbocycles. The van der Waals surface area contributed by atoms with Crippen LogP contribution in [0.5, 0.6) is 0 Å². The van der Waals surface area contributed by atoms with Gasteiger partial charge in [-0.25, -0.2) is 0 Å². The number of nitrogens with zero attached hydrogens (tertiary/aromatic N) is 1. The molecule has 0 bridgehead atoms. The number of carbonyl (C=O) groups excluding carboxylic acids is 2. The van der Waals surface area contributed by atoms with Crippen molar-refractivity contribution in [1.82, 2.24) is 0 Å². The fraction of sp³-hybridized carbons (Fsp3) is 0.500. The summed E-state index contributed by atoms with van der Waals surface area (Å²) >= 11 is 0. The van der Waals surface area contributed by atoms with E-state index in [2.05, 4.69) is 29.0 Å². The highest BCUT2D eigenvalue weighted by molar-refractivity contribution is 5.99. The zero-order chi connectivity index (χ0) is 22.5. The monoisotopic (exact) mass is 409 g/mol. The second kappa shape index (κ2) is 9.69. The van der Waals surface area contributed by atoms with Crippen LogP contribution in [0.3, 0.4) is 0 Å². The number of fused-ring (bicyclic) bond motifs is 1. The van der Waals surface area contributed by atoms with Crippen molar-refractivity contribution in [2.45, 2.75) is 53.2 Å². The number of rotatable bonds is 5. The Labute approximate surface area is 179 Å². The van der Waals surface area contributed by atoms with Crippen molar-refractivity contribution in [2.24, 2.45) is 17.1 Å². The Balaban J connectivity index is 2.16. The first-order valence-electron chi connectivity index (χ1n) is 10.1. The number of amides is 1. The molecule has 6 heteroatoms. The summed E-state index contributed by atoms with van der Waals surface area (Å²) in [4.78, 5) is 26.6. The molecule has 6 nitrogen and oxygen atoms in total. The first-order chi connectivity index (χ1) is 14.0. The maximum absolute atomic E-state index is 12.4. The molecule has 1 aromatic carbocycles. The van der Waals surface area contributed by atoms with Crippen molar-refractivity contribution in [3.05, 3.63) is 23.8 Å². The predicted molar refractivity (Wildman–Crippen MR) is 120 cm³/mol. The largest absolute Gasteiger partial charge is 0.451 e. The zero-order valence-electron chi connectivity index (χ0n) is 18.6. The number of carbonyl (C=O) groups is 2. The van der Waals surface area contributed by atoms with Gasteiger partial charge < -0.3 is 20.7 Å². The lowest BCUT2D eigenvalue weighted by atomic mass is 9.98. The number of ether oxygens (including phenoxy) is 1. The van der Waals surface area contributed by atoms with E-state index in [1.807, 2.05) is 64.8 Å². The number of esters is 1. The maximum atomic E-state index is 12.4. The van der Waals surface area contributed by atoms with Gasteiger partial charge in [-0.2, -0.15) is 0 Å². The van der Waals surface area contributed by atoms with Crippen LogP contribution in [-0.2, 0) is 20.7 Å². The molecule has 30 heavy (non-hydrogen) atoms. The van der Waals surface area contributed by atoms with E-state index in [4.69, 9.17) is 10.5 Å². The maximum Gasteiger partial charge on any atom is 0.323 e. The lowest BCUT2D eigenvalue weighted by Gasteiger charge is -2.30. The minimum absolute atomic E-state index is 0.0712. The summed E-state index contributed by atoms with van der Waals surface area (Å²) < 4.78 is 5.42. The molecule has 1 unspecified atom stereocenters. The van der Waals surface area contributed by atoms with Crippen molar-refractivity contribution in [3.8, 4) is 23.7 Å². The van der Waals surface area contributed by atoms with Crippen LogP contribution in [0.2, 0.25) is 0 Å². The van der Waals surface area contributed by atoms with Gasteiger partial charge in [0, 0.05) is 35.8 Å². The minimum atomic E-state index is -0.909. The van der Waals surface area contributed by atoms with Gasteiger partial charge in [-0.3, -0.25) is 9.59 Å². The summed E-state index contributed by atoms with van der Waals surface area (Å²) in [6.07, 6.45) is -0.622. The van der Waals surface area contributed by atoms with E-state index in [-0.39, 0.29) is 23.7 Å². The van der Waals surface area contributed by atoms with Gasteiger partial charge >= 0.3 is 5.97 Å². The third-order valence-corrected chi connectivity index (χ3v) is 4.66. The van der Waals surface area contributed by atoms with E-state index in [0.717, 1.165) is 11.3 Å². The molecule has 0 radical (unpaired) electrons. The third kappa shape index (κ3) is 6.27. The lowest BCUT2D eigenvalue weighted by Crippen LogP contribution is -2.44. The average molecular weight is 410 g/mol. The molecule has 0 aromatic heterocycles. The molecule has 1 amide bonds. The van der Waals surface area contributed by atoms with Gasteiger partial charge in [0.2, 0.25) is 0 Å². The van der Waals surface area contributed by atoms with Crippen LogP contribution >= 0.6 is 0 Å². The first kappa shape index (κ1) is 23.3. The SMILES string of the molecule is CC(C)[C@@H](N)C(=O)OC1Cc2c(cccc2N(C)CC#CC#CC(C)(C)C)NC1=O. The summed E-state index contributed by atoms with van der Waals surface area (Å²) in [5.74, 6) is 10.9. The van der Waals surface area contributed by atoms with Gasteiger partial charge in [-0.05, 0) is 50.7 Å². The van der Waals surface area contributed by atoms with Crippen molar-refractivity contribution < 1.29 is 14.3 Å². The topological polar surface area (TPSA) is 84.7 Å². The summed E-state index contributed by atoms with van der Waals surface area (Å²) in [6, 6.07) is 4.90. The molecular formula is C24H31N3O3. The van der Waals surface area contributed by atoms with Crippen LogP contribution in [0.25, 0.3) is 0 Å². The zero-order valence-corrected chi connectivity index (χ0v) is 18.6. The highest BCUT2D eigenvalue weighted by Gasteiger charge is 2.33. The van der Waals surface area contributed by atoms with E-state index >= 15 is 0 Å². The number of nitrogens with one attached hydrogen (secondary N) is 1. The van der Waals surface area contributed by atoms with Crippen LogP contribution in [0.15, 0.2) is 18.2 Å². The number of hydrogen-bond acceptors (Lipinski definition) is 5. The van der Waals surface area contributed by atoms with Gasteiger partial charge in [0.15, 0.2) is 6.10 Å². The molecule has 0 spiro atoms. The average Bonchev–Trinajstić information content (AvgIpc) is 2.65. The van der Waals surface area contributed by atoms with Crippen LogP contribution in [-0.4, -0.2) is 37.6 Å². The van der Waals surface area contributed by atoms with E-state index in [0.29, 0.717) is 12.2 Å². The summed E-state index contributed by atoms with van der Waals surface area (Å²) in [6.45, 7) is 10.3. The van der Waals surface area contributed by atoms with Gasteiger partial charge in [0.25, 0.3) is 5.91 Å². The quantitative estimate of drug-likeness (QED) is 0.577. The number of nitrogens with two attached hydrogens (primary N) is 1.